The molecule has 160 valence electrons. The van der Waals surface area contributed by atoms with Gasteiger partial charge in [-0.25, -0.2) is 0 Å². The molecule has 1 saturated heterocycles. The summed E-state index contributed by atoms with van der Waals surface area (Å²) >= 11 is 0. The van der Waals surface area contributed by atoms with Crippen LogP contribution >= 0.6 is 0 Å². The highest BCUT2D eigenvalue weighted by atomic mass is 16.5. The number of benzene rings is 1. The van der Waals surface area contributed by atoms with Gasteiger partial charge in [-0.15, -0.1) is 10.2 Å². The first-order chi connectivity index (χ1) is 14.7. The largest absolute Gasteiger partial charge is 0.497 e. The van der Waals surface area contributed by atoms with E-state index in [-0.39, 0.29) is 11.8 Å². The fraction of sp³-hybridized carbons (Fsp3) is 0.522. The van der Waals surface area contributed by atoms with Crippen molar-refractivity contribution in [3.8, 4) is 11.5 Å². The van der Waals surface area contributed by atoms with Crippen molar-refractivity contribution >= 4 is 12.0 Å². The van der Waals surface area contributed by atoms with Crippen molar-refractivity contribution < 1.29 is 14.3 Å². The van der Waals surface area contributed by atoms with Gasteiger partial charge >= 0.3 is 0 Å². The Morgan fingerprint density at radius 1 is 1.03 bits per heavy atom. The minimum absolute atomic E-state index is 0.0251. The van der Waals surface area contributed by atoms with Gasteiger partial charge in [0.2, 0.25) is 5.91 Å². The van der Waals surface area contributed by atoms with Gasteiger partial charge in [0.1, 0.15) is 23.1 Å². The fourth-order valence-corrected chi connectivity index (χ4v) is 4.40. The zero-order chi connectivity index (χ0) is 20.9. The number of piperidine rings is 1. The van der Waals surface area contributed by atoms with Gasteiger partial charge in [0, 0.05) is 44.1 Å². The minimum Gasteiger partial charge on any atom is -0.497 e. The lowest BCUT2D eigenvalue weighted by atomic mass is 9.97. The minimum atomic E-state index is 0.0251. The Morgan fingerprint density at radius 3 is 2.60 bits per heavy atom. The molecule has 1 atom stereocenters. The summed E-state index contributed by atoms with van der Waals surface area (Å²) in [5.41, 5.74) is 0.871. The molecule has 7 nitrogen and oxygen atoms in total. The van der Waals surface area contributed by atoms with Gasteiger partial charge in [-0.05, 0) is 49.5 Å². The van der Waals surface area contributed by atoms with Crippen LogP contribution in [0, 0.1) is 0 Å². The summed E-state index contributed by atoms with van der Waals surface area (Å²) in [5.74, 6) is 3.85. The van der Waals surface area contributed by atoms with Gasteiger partial charge in [-0.3, -0.25) is 4.79 Å². The van der Waals surface area contributed by atoms with Gasteiger partial charge in [0.05, 0.1) is 14.2 Å². The second-order valence-corrected chi connectivity index (χ2v) is 8.04. The van der Waals surface area contributed by atoms with Crippen molar-refractivity contribution in [1.29, 1.82) is 0 Å². The lowest BCUT2D eigenvalue weighted by molar-refractivity contribution is -0.127. The smallest absolute Gasteiger partial charge is 0.246 e. The van der Waals surface area contributed by atoms with E-state index in [2.05, 4.69) is 14.8 Å². The van der Waals surface area contributed by atoms with E-state index in [4.69, 9.17) is 9.47 Å². The summed E-state index contributed by atoms with van der Waals surface area (Å²) in [5, 5.41) is 8.96. The quantitative estimate of drug-likeness (QED) is 0.707. The monoisotopic (exact) mass is 410 g/mol. The lowest BCUT2D eigenvalue weighted by Gasteiger charge is -2.31. The molecule has 1 fully saturated rings. The van der Waals surface area contributed by atoms with Crippen LogP contribution in [0.3, 0.4) is 0 Å². The third-order valence-electron chi connectivity index (χ3n) is 6.03. The molecule has 0 spiro atoms. The Labute approximate surface area is 177 Å². The van der Waals surface area contributed by atoms with E-state index in [1.807, 2.05) is 29.2 Å². The van der Waals surface area contributed by atoms with E-state index >= 15 is 0 Å². The number of fused-ring (bicyclic) bond motifs is 1. The highest BCUT2D eigenvalue weighted by Gasteiger charge is 2.28. The average molecular weight is 411 g/mol. The van der Waals surface area contributed by atoms with Crippen molar-refractivity contribution in [3.05, 3.63) is 41.5 Å². The molecule has 7 heteroatoms. The van der Waals surface area contributed by atoms with E-state index < -0.39 is 0 Å². The molecule has 4 rings (SSSR count). The zero-order valence-corrected chi connectivity index (χ0v) is 17.8. The van der Waals surface area contributed by atoms with Crippen LogP contribution in [-0.4, -0.2) is 52.9 Å². The number of methoxy groups -OCH3 is 2. The maximum Gasteiger partial charge on any atom is 0.246 e. The van der Waals surface area contributed by atoms with Crippen LogP contribution in [0.25, 0.3) is 6.08 Å². The molecule has 1 amide bonds. The lowest BCUT2D eigenvalue weighted by Crippen LogP contribution is -2.39. The van der Waals surface area contributed by atoms with Crippen LogP contribution in [-0.2, 0) is 17.8 Å². The molecule has 0 aliphatic carbocycles. The number of aryl methyl sites for hydroxylation is 1. The first-order valence-electron chi connectivity index (χ1n) is 10.8. The standard InChI is InChI=1S/C23H30N4O3/c1-29-19-13-17(14-20(15-19)30-2)9-10-22(28)26-11-6-7-18(16-26)23-25-24-21-8-4-3-5-12-27(21)23/h9-10,13-15,18H,3-8,11-12,16H2,1-2H3/b10-9+. The molecule has 1 aromatic carbocycles. The third kappa shape index (κ3) is 4.50. The highest BCUT2D eigenvalue weighted by Crippen LogP contribution is 2.28. The molecule has 3 heterocycles. The Bertz CT molecular complexity index is 899. The molecule has 30 heavy (non-hydrogen) atoms. The fourth-order valence-electron chi connectivity index (χ4n) is 4.40. The second-order valence-electron chi connectivity index (χ2n) is 8.04. The van der Waals surface area contributed by atoms with E-state index in [0.29, 0.717) is 18.0 Å². The Balaban J connectivity index is 1.45. The first-order valence-corrected chi connectivity index (χ1v) is 10.8. The number of rotatable bonds is 5. The van der Waals surface area contributed by atoms with Crippen LogP contribution in [0.4, 0.5) is 0 Å². The van der Waals surface area contributed by atoms with E-state index in [9.17, 15) is 4.79 Å². The Kier molecular flexibility index (Phi) is 6.35. The summed E-state index contributed by atoms with van der Waals surface area (Å²) in [7, 11) is 3.24. The number of carbonyl (C=O) groups excluding carboxylic acids is 1. The Hall–Kier alpha value is -2.83. The second kappa shape index (κ2) is 9.32. The molecule has 2 aliphatic rings. The molecule has 2 aromatic rings. The number of carbonyl (C=O) groups is 1. The molecular weight excluding hydrogens is 380 g/mol. The van der Waals surface area contributed by atoms with Crippen LogP contribution in [0.15, 0.2) is 24.3 Å². The SMILES string of the molecule is COc1cc(/C=C/C(=O)N2CCCC(c3nnc4n3CCCCC4)C2)cc(OC)c1. The summed E-state index contributed by atoms with van der Waals surface area (Å²) in [6, 6.07) is 5.59. The molecule has 1 unspecified atom stereocenters. The molecular formula is C23H30N4O3. The molecule has 0 bridgehead atoms. The van der Waals surface area contributed by atoms with Gasteiger partial charge in [0.25, 0.3) is 0 Å². The molecule has 0 saturated carbocycles. The van der Waals surface area contributed by atoms with E-state index in [1.54, 1.807) is 20.3 Å². The van der Waals surface area contributed by atoms with Gasteiger partial charge < -0.3 is 18.9 Å². The van der Waals surface area contributed by atoms with Gasteiger partial charge in [-0.1, -0.05) is 6.42 Å². The third-order valence-corrected chi connectivity index (χ3v) is 6.03. The summed E-state index contributed by atoms with van der Waals surface area (Å²) in [6.45, 7) is 2.48. The predicted molar refractivity (Wildman–Crippen MR) is 115 cm³/mol. The van der Waals surface area contributed by atoms with Crippen molar-refractivity contribution in [1.82, 2.24) is 19.7 Å². The maximum absolute atomic E-state index is 12.9. The van der Waals surface area contributed by atoms with Gasteiger partial charge in [-0.2, -0.15) is 0 Å². The van der Waals surface area contributed by atoms with E-state index in [1.165, 1.54) is 19.3 Å². The number of aromatic nitrogens is 3. The number of amides is 1. The topological polar surface area (TPSA) is 69.5 Å². The molecule has 0 radical (unpaired) electrons. The summed E-state index contributed by atoms with van der Waals surface area (Å²) < 4.78 is 12.9. The van der Waals surface area contributed by atoms with Crippen LogP contribution in [0.2, 0.25) is 0 Å². The number of likely N-dealkylation sites (tertiary alicyclic amines) is 1. The van der Waals surface area contributed by atoms with Crippen molar-refractivity contribution in [3.63, 3.8) is 0 Å². The molecule has 2 aliphatic heterocycles. The average Bonchev–Trinajstić information content (AvgIpc) is 3.05. The van der Waals surface area contributed by atoms with Crippen molar-refractivity contribution in [2.45, 2.75) is 51.0 Å². The number of ether oxygens (including phenoxy) is 2. The number of hydrogen-bond acceptors (Lipinski definition) is 5. The summed E-state index contributed by atoms with van der Waals surface area (Å²) in [6.07, 6.45) is 10.1. The Morgan fingerprint density at radius 2 is 1.83 bits per heavy atom. The zero-order valence-electron chi connectivity index (χ0n) is 17.8. The predicted octanol–water partition coefficient (Wildman–Crippen LogP) is 3.44. The van der Waals surface area contributed by atoms with Crippen molar-refractivity contribution in [2.24, 2.45) is 0 Å². The molecule has 1 aromatic heterocycles. The van der Waals surface area contributed by atoms with Crippen LogP contribution in [0.1, 0.15) is 55.2 Å². The summed E-state index contributed by atoms with van der Waals surface area (Å²) in [4.78, 5) is 14.8. The van der Waals surface area contributed by atoms with E-state index in [0.717, 1.165) is 49.6 Å². The maximum atomic E-state index is 12.9. The highest BCUT2D eigenvalue weighted by molar-refractivity contribution is 5.92. The van der Waals surface area contributed by atoms with Crippen LogP contribution in [0.5, 0.6) is 11.5 Å². The normalized spacial score (nSPS) is 19.4. The number of nitrogens with zero attached hydrogens (tertiary/aromatic N) is 4. The molecule has 0 N–H and O–H groups in total. The first kappa shape index (κ1) is 20.4. The number of hydrogen-bond donors (Lipinski definition) is 0. The van der Waals surface area contributed by atoms with Gasteiger partial charge in [0.15, 0.2) is 0 Å². The van der Waals surface area contributed by atoms with Crippen molar-refractivity contribution in [2.75, 3.05) is 27.3 Å². The van der Waals surface area contributed by atoms with Crippen LogP contribution < -0.4 is 9.47 Å².